The second kappa shape index (κ2) is 21.4. The number of hydrogen-bond acceptors (Lipinski definition) is 12. The molecular weight excluding hydrogens is 867 g/mol. The highest BCUT2D eigenvalue weighted by atomic mass is 32.2. The topological polar surface area (TPSA) is 233 Å². The third kappa shape index (κ3) is 14.6. The van der Waals surface area contributed by atoms with Crippen molar-refractivity contribution in [1.29, 1.82) is 0 Å². The summed E-state index contributed by atoms with van der Waals surface area (Å²) in [7, 11) is -8.40. The van der Waals surface area contributed by atoms with Crippen LogP contribution in [0.25, 0.3) is 11.0 Å². The quantitative estimate of drug-likeness (QED) is 0.0590. The van der Waals surface area contributed by atoms with Crippen LogP contribution in [0.15, 0.2) is 83.8 Å². The molecule has 0 bridgehead atoms. The molecule has 0 saturated heterocycles. The Bertz CT molecular complexity index is 2370. The van der Waals surface area contributed by atoms with Crippen molar-refractivity contribution >= 4 is 49.2 Å². The normalized spacial score (nSPS) is 14.7. The Morgan fingerprint density at radius 2 is 1.34 bits per heavy atom. The van der Waals surface area contributed by atoms with E-state index in [1.165, 1.54) is 23.1 Å². The van der Waals surface area contributed by atoms with Gasteiger partial charge < -0.3 is 19.9 Å². The summed E-state index contributed by atoms with van der Waals surface area (Å²) in [6, 6.07) is 20.0. The first kappa shape index (κ1) is 51.8. The Kier molecular flexibility index (Phi) is 17.4. The van der Waals surface area contributed by atoms with Gasteiger partial charge in [0.05, 0.1) is 59.1 Å². The average molecular weight is 932 g/mol. The van der Waals surface area contributed by atoms with E-state index >= 15 is 4.79 Å². The number of imidazole rings is 1. The molecule has 354 valence electrons. The van der Waals surface area contributed by atoms with Crippen molar-refractivity contribution in [3.8, 4) is 0 Å². The standard InChI is InChI=1S/C44H65N7O11S2/c1-29(2)61-45-27-38(52)36(24-31-18-14-12-15-19-31)51(44(8,9)10)42(55)60-39(37(25-32-20-16-13-17-21-32)50(41(53)54)43(5,6)7)28-49(62-30(3)4)64(58,59)33-22-23-34-35(26-33)47-40(46-34)48-63(11,56)57/h12-23,26,29-30,36-39,45,52H,24-25,27-28H2,1-11H3,(H,53,54)(H2,46,47,48)/t36-,37-,38-,39-/m0/s1. The van der Waals surface area contributed by atoms with Crippen molar-refractivity contribution in [3.05, 3.63) is 90.0 Å². The van der Waals surface area contributed by atoms with Gasteiger partial charge in [-0.15, -0.1) is 0 Å². The van der Waals surface area contributed by atoms with Gasteiger partial charge in [-0.05, 0) is 111 Å². The SMILES string of the molecule is CC(C)ONC[C@H](O)[C@H](Cc1ccccc1)N(C(=O)O[C@@H](CN(OC(C)C)S(=O)(=O)c1ccc2[nH]c(NS(C)(=O)=O)nc2c1)[C@H](Cc1ccccc1)N(C(=O)O)C(C)(C)C)C(C)(C)C. The van der Waals surface area contributed by atoms with Crippen LogP contribution in [0.1, 0.15) is 80.4 Å². The molecule has 1 aromatic heterocycles. The fourth-order valence-electron chi connectivity index (χ4n) is 7.26. The molecule has 64 heavy (non-hydrogen) atoms. The lowest BCUT2D eigenvalue weighted by molar-refractivity contribution is -0.144. The fraction of sp³-hybridized carbons (Fsp3) is 0.523. The minimum Gasteiger partial charge on any atom is -0.465 e. The van der Waals surface area contributed by atoms with Gasteiger partial charge >= 0.3 is 12.2 Å². The lowest BCUT2D eigenvalue weighted by Crippen LogP contribution is -2.62. The average Bonchev–Trinajstić information content (AvgIpc) is 3.56. The van der Waals surface area contributed by atoms with Crippen LogP contribution in [-0.2, 0) is 47.3 Å². The molecule has 0 fully saturated rings. The molecule has 1 heterocycles. The minimum atomic E-state index is -4.68. The molecule has 20 heteroatoms. The molecule has 0 aliphatic carbocycles. The maximum atomic E-state index is 15.2. The van der Waals surface area contributed by atoms with Crippen LogP contribution < -0.4 is 10.2 Å². The number of nitrogens with zero attached hydrogens (tertiary/aromatic N) is 4. The van der Waals surface area contributed by atoms with Crippen molar-refractivity contribution in [2.75, 3.05) is 24.1 Å². The molecule has 0 aliphatic heterocycles. The number of ether oxygens (including phenoxy) is 1. The van der Waals surface area contributed by atoms with Crippen LogP contribution in [0.2, 0.25) is 0 Å². The van der Waals surface area contributed by atoms with Crippen molar-refractivity contribution in [2.24, 2.45) is 0 Å². The highest BCUT2D eigenvalue weighted by Crippen LogP contribution is 2.31. The van der Waals surface area contributed by atoms with Crippen LogP contribution in [0.3, 0.4) is 0 Å². The van der Waals surface area contributed by atoms with Gasteiger partial charge in [-0.2, -0.15) is 5.48 Å². The third-order valence-corrected chi connectivity index (χ3v) is 12.0. The summed E-state index contributed by atoms with van der Waals surface area (Å²) < 4.78 is 62.9. The molecule has 2 amide bonds. The molecule has 5 N–H and O–H groups in total. The zero-order chi connectivity index (χ0) is 47.8. The first-order valence-electron chi connectivity index (χ1n) is 21.0. The zero-order valence-corrected chi connectivity index (χ0v) is 40.1. The van der Waals surface area contributed by atoms with E-state index in [1.807, 2.05) is 44.2 Å². The van der Waals surface area contributed by atoms with Gasteiger partial charge in [0, 0.05) is 17.6 Å². The molecule has 3 aromatic carbocycles. The molecule has 4 atom stereocenters. The number of amides is 2. The zero-order valence-electron chi connectivity index (χ0n) is 38.5. The predicted molar refractivity (Wildman–Crippen MR) is 244 cm³/mol. The number of carbonyl (C=O) groups is 2. The van der Waals surface area contributed by atoms with E-state index < -0.39 is 80.3 Å². The summed E-state index contributed by atoms with van der Waals surface area (Å²) in [6.07, 6.45) is -4.95. The number of anilines is 1. The third-order valence-electron chi connectivity index (χ3n) is 9.78. The van der Waals surface area contributed by atoms with Crippen LogP contribution in [0, 0.1) is 0 Å². The minimum absolute atomic E-state index is 0.0185. The van der Waals surface area contributed by atoms with Gasteiger partial charge in [0.25, 0.3) is 10.0 Å². The molecular formula is C44H65N7O11S2. The number of aromatic amines is 1. The monoisotopic (exact) mass is 931 g/mol. The largest absolute Gasteiger partial charge is 0.465 e. The van der Waals surface area contributed by atoms with Gasteiger partial charge in [-0.3, -0.25) is 24.2 Å². The van der Waals surface area contributed by atoms with Gasteiger partial charge in [0.15, 0.2) is 0 Å². The first-order chi connectivity index (χ1) is 29.7. The number of hydrogen-bond donors (Lipinski definition) is 5. The number of hydroxylamine groups is 2. The van der Waals surface area contributed by atoms with Gasteiger partial charge in [0.1, 0.15) is 6.10 Å². The number of sulfonamides is 2. The van der Waals surface area contributed by atoms with Crippen LogP contribution in [-0.4, -0.2) is 130 Å². The molecule has 4 aromatic rings. The Morgan fingerprint density at radius 1 is 0.797 bits per heavy atom. The van der Waals surface area contributed by atoms with Crippen molar-refractivity contribution in [1.82, 2.24) is 29.7 Å². The summed E-state index contributed by atoms with van der Waals surface area (Å²) in [5.74, 6) is -0.128. The second-order valence-electron chi connectivity index (χ2n) is 18.2. The summed E-state index contributed by atoms with van der Waals surface area (Å²) in [5, 5.41) is 22.8. The number of carboxylic acid groups (broad SMARTS) is 1. The number of fused-ring (bicyclic) bond motifs is 1. The molecule has 0 saturated carbocycles. The van der Waals surface area contributed by atoms with E-state index in [-0.39, 0.29) is 41.9 Å². The molecule has 4 rings (SSSR count). The first-order valence-corrected chi connectivity index (χ1v) is 24.3. The second-order valence-corrected chi connectivity index (χ2v) is 21.7. The maximum absolute atomic E-state index is 15.2. The lowest BCUT2D eigenvalue weighted by atomic mass is 9.94. The number of aromatic nitrogens is 2. The number of H-pyrrole nitrogens is 1. The Hall–Kier alpha value is -4.83. The van der Waals surface area contributed by atoms with Crippen molar-refractivity contribution in [3.63, 3.8) is 0 Å². The highest BCUT2D eigenvalue weighted by molar-refractivity contribution is 7.92. The van der Waals surface area contributed by atoms with Gasteiger partial charge in [0.2, 0.25) is 16.0 Å². The number of nitrogens with one attached hydrogen (secondary N) is 3. The van der Waals surface area contributed by atoms with E-state index in [9.17, 15) is 31.8 Å². The van der Waals surface area contributed by atoms with Crippen LogP contribution in [0.5, 0.6) is 0 Å². The lowest BCUT2D eigenvalue weighted by Gasteiger charge is -2.46. The molecule has 0 radical (unpaired) electrons. The van der Waals surface area contributed by atoms with Crippen molar-refractivity contribution in [2.45, 2.75) is 135 Å². The van der Waals surface area contributed by atoms with E-state index in [1.54, 1.807) is 85.7 Å². The maximum Gasteiger partial charge on any atom is 0.410 e. The highest BCUT2D eigenvalue weighted by Gasteiger charge is 2.46. The number of aliphatic hydroxyl groups excluding tert-OH is 1. The number of benzene rings is 3. The van der Waals surface area contributed by atoms with E-state index in [0.717, 1.165) is 16.7 Å². The molecule has 0 aliphatic rings. The summed E-state index contributed by atoms with van der Waals surface area (Å²) in [4.78, 5) is 49.5. The van der Waals surface area contributed by atoms with Gasteiger partial charge in [-0.1, -0.05) is 65.1 Å². The summed E-state index contributed by atoms with van der Waals surface area (Å²) >= 11 is 0. The Morgan fingerprint density at radius 3 is 1.83 bits per heavy atom. The summed E-state index contributed by atoms with van der Waals surface area (Å²) in [6.45, 7) is 16.4. The Balaban J connectivity index is 1.92. The fourth-order valence-corrected chi connectivity index (χ4v) is 9.07. The van der Waals surface area contributed by atoms with Crippen LogP contribution >= 0.6 is 0 Å². The number of aliphatic hydroxyl groups is 1. The molecule has 0 spiro atoms. The van der Waals surface area contributed by atoms with E-state index in [0.29, 0.717) is 15.5 Å². The number of carbonyl (C=O) groups excluding carboxylic acids is 1. The van der Waals surface area contributed by atoms with Crippen molar-refractivity contribution < 1.29 is 51.0 Å². The number of rotatable bonds is 21. The van der Waals surface area contributed by atoms with Crippen LogP contribution in [0.4, 0.5) is 15.5 Å². The predicted octanol–water partition coefficient (Wildman–Crippen LogP) is 6.16. The smallest absolute Gasteiger partial charge is 0.410 e. The van der Waals surface area contributed by atoms with E-state index in [2.05, 4.69) is 20.2 Å². The molecule has 18 nitrogen and oxygen atoms in total. The van der Waals surface area contributed by atoms with Gasteiger partial charge in [-0.25, -0.2) is 31.4 Å². The molecule has 0 unspecified atom stereocenters. The van der Waals surface area contributed by atoms with E-state index in [4.69, 9.17) is 14.4 Å². The Labute approximate surface area is 377 Å². The summed E-state index contributed by atoms with van der Waals surface area (Å²) in [5.41, 5.74) is 2.58.